The van der Waals surface area contributed by atoms with Gasteiger partial charge in [0.25, 0.3) is 0 Å². The van der Waals surface area contributed by atoms with Gasteiger partial charge in [-0.15, -0.1) is 0 Å². The fourth-order valence-electron chi connectivity index (χ4n) is 2.55. The molecule has 1 amide bonds. The molecule has 1 unspecified atom stereocenters. The Morgan fingerprint density at radius 3 is 2.69 bits per heavy atom. The van der Waals surface area contributed by atoms with Gasteiger partial charge in [-0.25, -0.2) is 0 Å². The maximum Gasteiger partial charge on any atom is 0.226 e. The fourth-order valence-corrected chi connectivity index (χ4v) is 2.55. The molecule has 1 aliphatic heterocycles. The molecule has 0 aromatic heterocycles. The van der Waals surface area contributed by atoms with E-state index in [0.29, 0.717) is 0 Å². The molecule has 1 aliphatic rings. The van der Waals surface area contributed by atoms with Crippen molar-refractivity contribution in [1.82, 2.24) is 5.32 Å². The van der Waals surface area contributed by atoms with Crippen LogP contribution in [0.2, 0.25) is 0 Å². The summed E-state index contributed by atoms with van der Waals surface area (Å²) in [6.45, 7) is 2.96. The van der Waals surface area contributed by atoms with E-state index in [1.807, 2.05) is 18.2 Å². The van der Waals surface area contributed by atoms with Crippen LogP contribution >= 0.6 is 0 Å². The van der Waals surface area contributed by atoms with Crippen LogP contribution < -0.4 is 5.32 Å². The normalized spacial score (nSPS) is 25.2. The summed E-state index contributed by atoms with van der Waals surface area (Å²) in [5, 5.41) is 3.01. The zero-order chi connectivity index (χ0) is 11.4. The lowest BCUT2D eigenvalue weighted by Crippen LogP contribution is -2.46. The standard InChI is InChI=1S/C14H19NO/c1-2-14(9-6-10-15-13(14)16)11-12-7-4-3-5-8-12/h3-5,7-8H,2,6,9-11H2,1H3,(H,15,16). The van der Waals surface area contributed by atoms with Crippen LogP contribution in [0.3, 0.4) is 0 Å². The van der Waals surface area contributed by atoms with Gasteiger partial charge in [0.15, 0.2) is 0 Å². The van der Waals surface area contributed by atoms with Crippen LogP contribution in [0.1, 0.15) is 31.7 Å². The van der Waals surface area contributed by atoms with Crippen molar-refractivity contribution in [2.75, 3.05) is 6.54 Å². The highest BCUT2D eigenvalue weighted by molar-refractivity contribution is 5.83. The van der Waals surface area contributed by atoms with Crippen LogP contribution in [0.15, 0.2) is 30.3 Å². The number of rotatable bonds is 3. The lowest BCUT2D eigenvalue weighted by Gasteiger charge is -2.35. The number of benzene rings is 1. The van der Waals surface area contributed by atoms with Crippen molar-refractivity contribution in [3.05, 3.63) is 35.9 Å². The average Bonchev–Trinajstić information content (AvgIpc) is 2.34. The smallest absolute Gasteiger partial charge is 0.226 e. The third-order valence-electron chi connectivity index (χ3n) is 3.66. The van der Waals surface area contributed by atoms with Gasteiger partial charge in [0.2, 0.25) is 5.91 Å². The number of carbonyl (C=O) groups is 1. The second-order valence-corrected chi connectivity index (χ2v) is 4.66. The van der Waals surface area contributed by atoms with E-state index >= 15 is 0 Å². The maximum absolute atomic E-state index is 12.0. The first-order valence-electron chi connectivity index (χ1n) is 6.09. The number of hydrogen-bond donors (Lipinski definition) is 1. The molecule has 0 bridgehead atoms. The Morgan fingerprint density at radius 1 is 1.31 bits per heavy atom. The quantitative estimate of drug-likeness (QED) is 0.828. The Kier molecular flexibility index (Phi) is 3.28. The van der Waals surface area contributed by atoms with Crippen LogP contribution in [0.4, 0.5) is 0 Å². The molecule has 0 spiro atoms. The van der Waals surface area contributed by atoms with E-state index in [9.17, 15) is 4.79 Å². The number of piperidine rings is 1. The molecule has 1 N–H and O–H groups in total. The van der Waals surface area contributed by atoms with Gasteiger partial charge in [0.05, 0.1) is 5.41 Å². The highest BCUT2D eigenvalue weighted by Gasteiger charge is 2.38. The number of hydrogen-bond acceptors (Lipinski definition) is 1. The largest absolute Gasteiger partial charge is 0.356 e. The summed E-state index contributed by atoms with van der Waals surface area (Å²) >= 11 is 0. The molecular formula is C14H19NO. The van der Waals surface area contributed by atoms with Crippen molar-refractivity contribution in [2.45, 2.75) is 32.6 Å². The van der Waals surface area contributed by atoms with Gasteiger partial charge < -0.3 is 5.32 Å². The van der Waals surface area contributed by atoms with Crippen LogP contribution in [0, 0.1) is 5.41 Å². The third-order valence-corrected chi connectivity index (χ3v) is 3.66. The average molecular weight is 217 g/mol. The van der Waals surface area contributed by atoms with Gasteiger partial charge in [-0.1, -0.05) is 37.3 Å². The topological polar surface area (TPSA) is 29.1 Å². The Balaban J connectivity index is 2.18. The molecule has 1 heterocycles. The Hall–Kier alpha value is -1.31. The molecule has 2 rings (SSSR count). The molecule has 0 radical (unpaired) electrons. The molecular weight excluding hydrogens is 198 g/mol. The SMILES string of the molecule is CCC1(Cc2ccccc2)CCCNC1=O. The minimum Gasteiger partial charge on any atom is -0.356 e. The monoisotopic (exact) mass is 217 g/mol. The Morgan fingerprint density at radius 2 is 2.06 bits per heavy atom. The van der Waals surface area contributed by atoms with Gasteiger partial charge in [0.1, 0.15) is 0 Å². The second-order valence-electron chi connectivity index (χ2n) is 4.66. The lowest BCUT2D eigenvalue weighted by molar-refractivity contribution is -0.133. The van der Waals surface area contributed by atoms with Gasteiger partial charge in [-0.05, 0) is 31.2 Å². The van der Waals surface area contributed by atoms with Crippen molar-refractivity contribution >= 4 is 5.91 Å². The first-order valence-corrected chi connectivity index (χ1v) is 6.09. The van der Waals surface area contributed by atoms with Crippen molar-refractivity contribution in [3.8, 4) is 0 Å². The first kappa shape index (κ1) is 11.2. The van der Waals surface area contributed by atoms with Crippen LogP contribution in [-0.4, -0.2) is 12.5 Å². The zero-order valence-corrected chi connectivity index (χ0v) is 9.83. The third kappa shape index (κ3) is 2.11. The van der Waals surface area contributed by atoms with Crippen molar-refractivity contribution in [2.24, 2.45) is 5.41 Å². The van der Waals surface area contributed by atoms with Crippen molar-refractivity contribution in [3.63, 3.8) is 0 Å². The molecule has 1 aromatic rings. The molecule has 1 atom stereocenters. The predicted molar refractivity (Wildman–Crippen MR) is 65.1 cm³/mol. The van der Waals surface area contributed by atoms with E-state index in [1.165, 1.54) is 5.56 Å². The fraction of sp³-hybridized carbons (Fsp3) is 0.500. The molecule has 16 heavy (non-hydrogen) atoms. The molecule has 1 aromatic carbocycles. The molecule has 2 nitrogen and oxygen atoms in total. The van der Waals surface area contributed by atoms with Crippen molar-refractivity contribution in [1.29, 1.82) is 0 Å². The van der Waals surface area contributed by atoms with Gasteiger partial charge in [-0.2, -0.15) is 0 Å². The van der Waals surface area contributed by atoms with Gasteiger partial charge >= 0.3 is 0 Å². The van der Waals surface area contributed by atoms with E-state index in [0.717, 1.165) is 32.2 Å². The summed E-state index contributed by atoms with van der Waals surface area (Å²) in [6.07, 6.45) is 3.92. The van der Waals surface area contributed by atoms with E-state index in [1.54, 1.807) is 0 Å². The molecule has 0 aliphatic carbocycles. The van der Waals surface area contributed by atoms with Gasteiger partial charge in [0, 0.05) is 6.54 Å². The summed E-state index contributed by atoms with van der Waals surface area (Å²) in [5.41, 5.74) is 1.10. The summed E-state index contributed by atoms with van der Waals surface area (Å²) in [6, 6.07) is 10.3. The predicted octanol–water partition coefficient (Wildman–Crippen LogP) is 2.54. The van der Waals surface area contributed by atoms with Crippen LogP contribution in [0.25, 0.3) is 0 Å². The Bertz CT molecular complexity index is 360. The van der Waals surface area contributed by atoms with E-state index in [2.05, 4.69) is 24.4 Å². The number of carbonyl (C=O) groups excluding carboxylic acids is 1. The summed E-state index contributed by atoms with van der Waals surface area (Å²) < 4.78 is 0. The highest BCUT2D eigenvalue weighted by atomic mass is 16.2. The zero-order valence-electron chi connectivity index (χ0n) is 9.83. The summed E-state index contributed by atoms with van der Waals surface area (Å²) in [7, 11) is 0. The second kappa shape index (κ2) is 4.69. The molecule has 0 saturated carbocycles. The van der Waals surface area contributed by atoms with E-state index in [-0.39, 0.29) is 11.3 Å². The first-order chi connectivity index (χ1) is 7.77. The molecule has 1 saturated heterocycles. The summed E-state index contributed by atoms with van der Waals surface area (Å²) in [4.78, 5) is 12.0. The van der Waals surface area contributed by atoms with E-state index in [4.69, 9.17) is 0 Å². The van der Waals surface area contributed by atoms with E-state index < -0.39 is 0 Å². The minimum atomic E-state index is -0.167. The summed E-state index contributed by atoms with van der Waals surface area (Å²) in [5.74, 6) is 0.241. The lowest BCUT2D eigenvalue weighted by atomic mass is 9.73. The maximum atomic E-state index is 12.0. The number of amides is 1. The van der Waals surface area contributed by atoms with Crippen molar-refractivity contribution < 1.29 is 4.79 Å². The molecule has 2 heteroatoms. The van der Waals surface area contributed by atoms with Crippen LogP contribution in [-0.2, 0) is 11.2 Å². The Labute approximate surface area is 97.1 Å². The molecule has 1 fully saturated rings. The number of nitrogens with one attached hydrogen (secondary N) is 1. The van der Waals surface area contributed by atoms with Crippen LogP contribution in [0.5, 0.6) is 0 Å². The van der Waals surface area contributed by atoms with Gasteiger partial charge in [-0.3, -0.25) is 4.79 Å². The minimum absolute atomic E-state index is 0.167. The highest BCUT2D eigenvalue weighted by Crippen LogP contribution is 2.34. The molecule has 86 valence electrons.